The van der Waals surface area contributed by atoms with Gasteiger partial charge in [-0.1, -0.05) is 84.0 Å². The van der Waals surface area contributed by atoms with Crippen molar-refractivity contribution in [2.75, 3.05) is 0 Å². The second-order valence-electron chi connectivity index (χ2n) is 7.67. The van der Waals surface area contributed by atoms with Gasteiger partial charge in [-0.15, -0.1) is 0 Å². The molecular formula is C22H43BrN2. The molecule has 0 amide bonds. The topological polar surface area (TPSA) is 19.7 Å². The summed E-state index contributed by atoms with van der Waals surface area (Å²) in [5, 5.41) is 0. The van der Waals surface area contributed by atoms with Crippen LogP contribution in [0.3, 0.4) is 0 Å². The standard InChI is InChI=1S/C22H42N2.BrH/c1-5-6-7-8-9-10-11-12-13-14-15-16-17-18-19-24-21(3)20(2)23-22(24)4;/h5-19H2,1-4H3;1H. The Morgan fingerprint density at radius 1 is 0.640 bits per heavy atom. The zero-order valence-corrected chi connectivity index (χ0v) is 19.0. The molecule has 0 aliphatic rings. The number of unbranched alkanes of at least 4 members (excludes halogenated alkanes) is 13. The number of hydrogen-bond acceptors (Lipinski definition) is 0. The normalized spacial score (nSPS) is 10.9. The number of nitrogens with one attached hydrogen (secondary N) is 1. The van der Waals surface area contributed by atoms with E-state index in [1.807, 2.05) is 0 Å². The lowest BCUT2D eigenvalue weighted by molar-refractivity contribution is -0.707. The third-order valence-electron chi connectivity index (χ3n) is 5.46. The predicted molar refractivity (Wildman–Crippen MR) is 106 cm³/mol. The van der Waals surface area contributed by atoms with Gasteiger partial charge in [0.2, 0.25) is 0 Å². The molecular weight excluding hydrogens is 372 g/mol. The second-order valence-corrected chi connectivity index (χ2v) is 7.67. The molecule has 0 aromatic carbocycles. The van der Waals surface area contributed by atoms with E-state index in [-0.39, 0.29) is 17.0 Å². The number of imidazole rings is 1. The monoisotopic (exact) mass is 414 g/mol. The third-order valence-corrected chi connectivity index (χ3v) is 5.46. The Labute approximate surface area is 168 Å². The summed E-state index contributed by atoms with van der Waals surface area (Å²) in [6.45, 7) is 10.1. The smallest absolute Gasteiger partial charge is 0.251 e. The van der Waals surface area contributed by atoms with E-state index in [1.165, 1.54) is 114 Å². The summed E-state index contributed by atoms with van der Waals surface area (Å²) in [5.41, 5.74) is 2.72. The molecule has 3 heteroatoms. The van der Waals surface area contributed by atoms with Gasteiger partial charge in [-0.2, -0.15) is 0 Å². The average molecular weight is 416 g/mol. The maximum Gasteiger partial charge on any atom is 0.251 e. The Balaban J connectivity index is 0.00000576. The van der Waals surface area contributed by atoms with Crippen LogP contribution in [0.4, 0.5) is 0 Å². The zero-order chi connectivity index (χ0) is 17.6. The number of halogens is 1. The van der Waals surface area contributed by atoms with Gasteiger partial charge in [0.15, 0.2) is 0 Å². The van der Waals surface area contributed by atoms with Gasteiger partial charge in [0.25, 0.3) is 5.82 Å². The molecule has 1 N–H and O–H groups in total. The van der Waals surface area contributed by atoms with E-state index >= 15 is 0 Å². The molecule has 0 saturated heterocycles. The van der Waals surface area contributed by atoms with Crippen molar-refractivity contribution in [3.63, 3.8) is 0 Å². The van der Waals surface area contributed by atoms with E-state index in [9.17, 15) is 0 Å². The van der Waals surface area contributed by atoms with Crippen molar-refractivity contribution in [1.82, 2.24) is 4.98 Å². The fourth-order valence-electron chi connectivity index (χ4n) is 3.68. The van der Waals surface area contributed by atoms with Crippen molar-refractivity contribution < 1.29 is 21.5 Å². The molecule has 1 rings (SSSR count). The summed E-state index contributed by atoms with van der Waals surface area (Å²) >= 11 is 0. The van der Waals surface area contributed by atoms with Gasteiger partial charge in [0.1, 0.15) is 11.4 Å². The van der Waals surface area contributed by atoms with Crippen LogP contribution in [0.2, 0.25) is 0 Å². The van der Waals surface area contributed by atoms with Gasteiger partial charge in [-0.05, 0) is 12.8 Å². The first-order chi connectivity index (χ1) is 11.7. The molecule has 0 spiro atoms. The quantitative estimate of drug-likeness (QED) is 0.333. The lowest BCUT2D eigenvalue weighted by atomic mass is 10.0. The highest BCUT2D eigenvalue weighted by molar-refractivity contribution is 5.02. The highest BCUT2D eigenvalue weighted by Gasteiger charge is 2.13. The minimum absolute atomic E-state index is 0. The third kappa shape index (κ3) is 11.1. The Morgan fingerprint density at radius 3 is 1.40 bits per heavy atom. The van der Waals surface area contributed by atoms with Crippen LogP contribution in [0, 0.1) is 20.8 Å². The predicted octanol–water partition coefficient (Wildman–Crippen LogP) is 3.71. The number of aromatic amines is 1. The van der Waals surface area contributed by atoms with Gasteiger partial charge >= 0.3 is 0 Å². The van der Waals surface area contributed by atoms with E-state index in [0.29, 0.717) is 0 Å². The summed E-state index contributed by atoms with van der Waals surface area (Å²) in [4.78, 5) is 3.44. The Morgan fingerprint density at radius 2 is 1.04 bits per heavy atom. The number of rotatable bonds is 15. The first-order valence-corrected chi connectivity index (χ1v) is 10.7. The van der Waals surface area contributed by atoms with E-state index in [0.717, 1.165) is 0 Å². The van der Waals surface area contributed by atoms with Crippen LogP contribution < -0.4 is 21.5 Å². The van der Waals surface area contributed by atoms with Crippen molar-refractivity contribution >= 4 is 0 Å². The van der Waals surface area contributed by atoms with Gasteiger partial charge < -0.3 is 17.0 Å². The molecule has 148 valence electrons. The molecule has 0 aliphatic carbocycles. The Bertz CT molecular complexity index is 426. The van der Waals surface area contributed by atoms with Crippen molar-refractivity contribution in [3.8, 4) is 0 Å². The lowest BCUT2D eigenvalue weighted by Crippen LogP contribution is -3.00. The fourth-order valence-corrected chi connectivity index (χ4v) is 3.68. The summed E-state index contributed by atoms with van der Waals surface area (Å²) in [5.74, 6) is 1.31. The van der Waals surface area contributed by atoms with E-state index in [2.05, 4.69) is 37.2 Å². The zero-order valence-electron chi connectivity index (χ0n) is 17.4. The molecule has 0 fully saturated rings. The number of H-pyrrole nitrogens is 1. The molecule has 0 unspecified atom stereocenters. The molecule has 0 saturated carbocycles. The van der Waals surface area contributed by atoms with E-state index in [1.54, 1.807) is 0 Å². The minimum atomic E-state index is 0. The molecule has 1 aromatic heterocycles. The van der Waals surface area contributed by atoms with Gasteiger partial charge in [-0.3, -0.25) is 0 Å². The van der Waals surface area contributed by atoms with Crippen LogP contribution >= 0.6 is 0 Å². The van der Waals surface area contributed by atoms with Gasteiger partial charge in [0.05, 0.1) is 6.54 Å². The highest BCUT2D eigenvalue weighted by atomic mass is 79.9. The number of nitrogens with zero attached hydrogens (tertiary/aromatic N) is 1. The van der Waals surface area contributed by atoms with Gasteiger partial charge in [0, 0.05) is 20.8 Å². The van der Waals surface area contributed by atoms with Crippen LogP contribution in [0.15, 0.2) is 0 Å². The summed E-state index contributed by atoms with van der Waals surface area (Å²) < 4.78 is 2.44. The molecule has 25 heavy (non-hydrogen) atoms. The van der Waals surface area contributed by atoms with Crippen LogP contribution in [0.1, 0.15) is 114 Å². The van der Waals surface area contributed by atoms with Crippen LogP contribution in [-0.4, -0.2) is 4.98 Å². The number of aryl methyl sites for hydroxylation is 2. The van der Waals surface area contributed by atoms with Crippen LogP contribution in [0.5, 0.6) is 0 Å². The fraction of sp³-hybridized carbons (Fsp3) is 0.864. The van der Waals surface area contributed by atoms with Crippen molar-refractivity contribution in [3.05, 3.63) is 17.2 Å². The SMILES string of the molecule is CCCCCCCCCCCCCCCC[n+]1c(C)[nH]c(C)c1C.[Br-]. The summed E-state index contributed by atoms with van der Waals surface area (Å²) in [7, 11) is 0. The molecule has 0 atom stereocenters. The number of hydrogen-bond donors (Lipinski definition) is 1. The van der Waals surface area contributed by atoms with E-state index in [4.69, 9.17) is 0 Å². The second kappa shape index (κ2) is 15.9. The summed E-state index contributed by atoms with van der Waals surface area (Å²) in [6, 6.07) is 0. The van der Waals surface area contributed by atoms with Gasteiger partial charge in [-0.25, -0.2) is 9.55 Å². The molecule has 0 aliphatic heterocycles. The van der Waals surface area contributed by atoms with Crippen molar-refractivity contribution in [2.24, 2.45) is 0 Å². The maximum absolute atomic E-state index is 3.44. The lowest BCUT2D eigenvalue weighted by Gasteiger charge is -2.04. The Hall–Kier alpha value is -0.310. The minimum Gasteiger partial charge on any atom is -1.00 e. The molecule has 0 radical (unpaired) electrons. The van der Waals surface area contributed by atoms with Crippen LogP contribution in [0.25, 0.3) is 0 Å². The average Bonchev–Trinajstić information content (AvgIpc) is 2.81. The Kier molecular flexibility index (Phi) is 15.7. The maximum atomic E-state index is 3.44. The molecule has 1 heterocycles. The first-order valence-electron chi connectivity index (χ1n) is 10.7. The van der Waals surface area contributed by atoms with E-state index < -0.39 is 0 Å². The highest BCUT2D eigenvalue weighted by Crippen LogP contribution is 2.13. The molecule has 2 nitrogen and oxygen atoms in total. The van der Waals surface area contributed by atoms with Crippen LogP contribution in [-0.2, 0) is 6.54 Å². The molecule has 0 bridgehead atoms. The summed E-state index contributed by atoms with van der Waals surface area (Å²) in [6.07, 6.45) is 20.0. The molecule has 1 aromatic rings. The van der Waals surface area contributed by atoms with Crippen molar-refractivity contribution in [1.29, 1.82) is 0 Å². The largest absolute Gasteiger partial charge is 1.00 e. The first kappa shape index (κ1) is 24.7. The number of aromatic nitrogens is 2. The van der Waals surface area contributed by atoms with Crippen molar-refractivity contribution in [2.45, 2.75) is 124 Å².